The van der Waals surface area contributed by atoms with Crippen LogP contribution in [0.5, 0.6) is 0 Å². The molecule has 2 nitrogen and oxygen atoms in total. The highest BCUT2D eigenvalue weighted by atomic mass is 16.4. The molecule has 0 heterocycles. The van der Waals surface area contributed by atoms with Crippen LogP contribution in [-0.4, -0.2) is 11.1 Å². The summed E-state index contributed by atoms with van der Waals surface area (Å²) in [5, 5.41) is 9.03. The van der Waals surface area contributed by atoms with Gasteiger partial charge in [0.2, 0.25) is 0 Å². The highest BCUT2D eigenvalue weighted by Gasteiger charge is 2.29. The zero-order valence-corrected chi connectivity index (χ0v) is 10.8. The van der Waals surface area contributed by atoms with E-state index in [-0.39, 0.29) is 11.8 Å². The van der Waals surface area contributed by atoms with E-state index in [0.29, 0.717) is 0 Å². The van der Waals surface area contributed by atoms with Gasteiger partial charge in [-0.25, -0.2) is 0 Å². The lowest BCUT2D eigenvalue weighted by Gasteiger charge is -2.30. The van der Waals surface area contributed by atoms with Crippen molar-refractivity contribution in [2.75, 3.05) is 0 Å². The molecule has 0 aliphatic heterocycles. The molecule has 1 unspecified atom stereocenters. The molecule has 0 saturated carbocycles. The molecule has 2 heteroatoms. The summed E-state index contributed by atoms with van der Waals surface area (Å²) in [7, 11) is 0. The van der Waals surface area contributed by atoms with Crippen LogP contribution in [0.25, 0.3) is 5.57 Å². The van der Waals surface area contributed by atoms with E-state index in [9.17, 15) is 4.79 Å². The minimum absolute atomic E-state index is 0.175. The zero-order valence-electron chi connectivity index (χ0n) is 10.8. The van der Waals surface area contributed by atoms with E-state index in [1.165, 1.54) is 11.1 Å². The molecule has 0 amide bonds. The first-order valence-electron chi connectivity index (χ1n) is 6.16. The summed E-state index contributed by atoms with van der Waals surface area (Å²) in [5.41, 5.74) is 3.26. The van der Waals surface area contributed by atoms with Gasteiger partial charge in [0.25, 0.3) is 0 Å². The van der Waals surface area contributed by atoms with E-state index in [2.05, 4.69) is 24.3 Å². The highest BCUT2D eigenvalue weighted by Crippen LogP contribution is 2.40. The molecule has 0 saturated heterocycles. The number of aliphatic carboxylic acids is 1. The van der Waals surface area contributed by atoms with Crippen LogP contribution in [0.2, 0.25) is 0 Å². The first-order valence-corrected chi connectivity index (χ1v) is 6.16. The molecule has 1 aromatic carbocycles. The van der Waals surface area contributed by atoms with Gasteiger partial charge >= 0.3 is 5.97 Å². The maximum atomic E-state index is 11.0. The van der Waals surface area contributed by atoms with Gasteiger partial charge in [0, 0.05) is 5.41 Å². The Labute approximate surface area is 108 Å². The first kappa shape index (κ1) is 12.6. The van der Waals surface area contributed by atoms with E-state index in [4.69, 9.17) is 5.11 Å². The van der Waals surface area contributed by atoms with Crippen molar-refractivity contribution >= 4 is 11.5 Å². The average molecular weight is 242 g/mol. The fourth-order valence-corrected chi connectivity index (χ4v) is 2.70. The number of allylic oxidation sites excluding steroid dienone is 4. The van der Waals surface area contributed by atoms with Crippen molar-refractivity contribution in [2.45, 2.75) is 26.7 Å². The Morgan fingerprint density at radius 2 is 2.00 bits per heavy atom. The fraction of sp³-hybridized carbons (Fsp3) is 0.312. The van der Waals surface area contributed by atoms with Crippen molar-refractivity contribution in [1.82, 2.24) is 0 Å². The molecule has 0 bridgehead atoms. The van der Waals surface area contributed by atoms with Crippen molar-refractivity contribution in [3.63, 3.8) is 0 Å². The number of carboxylic acid groups (broad SMARTS) is 1. The summed E-state index contributed by atoms with van der Waals surface area (Å²) in [6, 6.07) is 10.2. The van der Waals surface area contributed by atoms with Crippen molar-refractivity contribution in [2.24, 2.45) is 5.41 Å². The summed E-state index contributed by atoms with van der Waals surface area (Å²) < 4.78 is 0. The Balaban J connectivity index is 2.30. The first-order chi connectivity index (χ1) is 8.48. The second-order valence-corrected chi connectivity index (χ2v) is 5.33. The lowest BCUT2D eigenvalue weighted by atomic mass is 9.74. The van der Waals surface area contributed by atoms with Gasteiger partial charge in [-0.1, -0.05) is 55.0 Å². The maximum absolute atomic E-state index is 11.0. The third-order valence-corrected chi connectivity index (χ3v) is 3.27. The minimum atomic E-state index is -0.740. The van der Waals surface area contributed by atoms with E-state index < -0.39 is 5.97 Å². The molecule has 1 aliphatic rings. The van der Waals surface area contributed by atoms with E-state index >= 15 is 0 Å². The van der Waals surface area contributed by atoms with Crippen molar-refractivity contribution in [3.8, 4) is 0 Å². The third kappa shape index (κ3) is 2.89. The molecular formula is C16H18O2. The van der Waals surface area contributed by atoms with E-state index in [0.717, 1.165) is 12.0 Å². The van der Waals surface area contributed by atoms with Gasteiger partial charge in [-0.3, -0.25) is 4.79 Å². The standard InChI is InChI=1S/C16H18O2/c1-12-8-14(13-6-4-3-5-7-13)10-16(2,9-12)11-15(17)18/h3-9H,10-11H2,1-2H3,(H,17,18). The SMILES string of the molecule is CC1=CC(C)(CC(=O)O)CC(c2ccccc2)=C1. The van der Waals surface area contributed by atoms with Crippen LogP contribution in [0.1, 0.15) is 32.3 Å². The Morgan fingerprint density at radius 3 is 2.61 bits per heavy atom. The second-order valence-electron chi connectivity index (χ2n) is 5.33. The van der Waals surface area contributed by atoms with Crippen LogP contribution < -0.4 is 0 Å². The van der Waals surface area contributed by atoms with Crippen molar-refractivity contribution in [3.05, 3.63) is 53.6 Å². The van der Waals surface area contributed by atoms with Crippen molar-refractivity contribution in [1.29, 1.82) is 0 Å². The minimum Gasteiger partial charge on any atom is -0.481 e. The molecule has 1 aromatic rings. The van der Waals surface area contributed by atoms with Crippen molar-refractivity contribution < 1.29 is 9.90 Å². The number of carbonyl (C=O) groups is 1. The molecule has 0 aromatic heterocycles. The fourth-order valence-electron chi connectivity index (χ4n) is 2.70. The molecule has 0 fully saturated rings. The topological polar surface area (TPSA) is 37.3 Å². The van der Waals surface area contributed by atoms with Crippen LogP contribution >= 0.6 is 0 Å². The van der Waals surface area contributed by atoms with Gasteiger partial charge in [-0.2, -0.15) is 0 Å². The Morgan fingerprint density at radius 1 is 1.33 bits per heavy atom. The highest BCUT2D eigenvalue weighted by molar-refractivity contribution is 5.73. The predicted octanol–water partition coefficient (Wildman–Crippen LogP) is 3.90. The lowest BCUT2D eigenvalue weighted by Crippen LogP contribution is -2.21. The normalized spacial score (nSPS) is 23.2. The van der Waals surface area contributed by atoms with Gasteiger partial charge in [0.1, 0.15) is 0 Å². The molecule has 0 radical (unpaired) electrons. The molecule has 1 N–H and O–H groups in total. The number of hydrogen-bond acceptors (Lipinski definition) is 1. The largest absolute Gasteiger partial charge is 0.481 e. The molecule has 18 heavy (non-hydrogen) atoms. The van der Waals surface area contributed by atoms with Crippen LogP contribution in [0, 0.1) is 5.41 Å². The van der Waals surface area contributed by atoms with E-state index in [1.54, 1.807) is 0 Å². The average Bonchev–Trinajstić information content (AvgIpc) is 2.27. The Hall–Kier alpha value is -1.83. The van der Waals surface area contributed by atoms with Crippen LogP contribution in [0.3, 0.4) is 0 Å². The number of hydrogen-bond donors (Lipinski definition) is 1. The number of rotatable bonds is 3. The molecule has 1 atom stereocenters. The van der Waals surface area contributed by atoms with Crippen LogP contribution in [0.4, 0.5) is 0 Å². The van der Waals surface area contributed by atoms with Gasteiger partial charge in [0.15, 0.2) is 0 Å². The summed E-state index contributed by atoms with van der Waals surface area (Å²) in [6.07, 6.45) is 5.18. The number of carboxylic acids is 1. The van der Waals surface area contributed by atoms with Gasteiger partial charge < -0.3 is 5.11 Å². The maximum Gasteiger partial charge on any atom is 0.304 e. The summed E-state index contributed by atoms with van der Waals surface area (Å²) >= 11 is 0. The van der Waals surface area contributed by atoms with Gasteiger partial charge in [-0.15, -0.1) is 0 Å². The number of benzene rings is 1. The Kier molecular flexibility index (Phi) is 3.37. The van der Waals surface area contributed by atoms with Crippen LogP contribution in [0.15, 0.2) is 48.1 Å². The molecule has 2 rings (SSSR count). The summed E-state index contributed by atoms with van der Waals surface area (Å²) in [5.74, 6) is -0.740. The third-order valence-electron chi connectivity index (χ3n) is 3.27. The quantitative estimate of drug-likeness (QED) is 0.872. The summed E-state index contributed by atoms with van der Waals surface area (Å²) in [6.45, 7) is 4.04. The molecule has 0 spiro atoms. The zero-order chi connectivity index (χ0) is 13.2. The molecule has 1 aliphatic carbocycles. The van der Waals surface area contributed by atoms with Gasteiger partial charge in [-0.05, 0) is 24.5 Å². The smallest absolute Gasteiger partial charge is 0.304 e. The van der Waals surface area contributed by atoms with Crippen LogP contribution in [-0.2, 0) is 4.79 Å². The predicted molar refractivity (Wildman–Crippen MR) is 73.2 cm³/mol. The lowest BCUT2D eigenvalue weighted by molar-refractivity contribution is -0.138. The second kappa shape index (κ2) is 4.81. The molecule has 94 valence electrons. The Bertz CT molecular complexity index is 511. The van der Waals surface area contributed by atoms with Gasteiger partial charge in [0.05, 0.1) is 6.42 Å². The van der Waals surface area contributed by atoms with E-state index in [1.807, 2.05) is 32.0 Å². The monoisotopic (exact) mass is 242 g/mol. The molecular weight excluding hydrogens is 224 g/mol. The summed E-state index contributed by atoms with van der Waals surface area (Å²) in [4.78, 5) is 11.0.